The van der Waals surface area contributed by atoms with Crippen LogP contribution >= 0.6 is 12.2 Å². The van der Waals surface area contributed by atoms with Crippen molar-refractivity contribution in [1.29, 1.82) is 0 Å². The van der Waals surface area contributed by atoms with Crippen LogP contribution in [0.5, 0.6) is 0 Å². The van der Waals surface area contributed by atoms with Gasteiger partial charge in [0, 0.05) is 6.42 Å². The molecule has 0 aliphatic heterocycles. The van der Waals surface area contributed by atoms with Gasteiger partial charge in [0.25, 0.3) is 0 Å². The molecule has 0 bridgehead atoms. The van der Waals surface area contributed by atoms with Crippen molar-refractivity contribution < 1.29 is 9.29 Å². The molecule has 0 unspecified atom stereocenters. The quantitative estimate of drug-likeness (QED) is 0.706. The monoisotopic (exact) mass is 332 g/mol. The highest BCUT2D eigenvalue weighted by Crippen LogP contribution is 2.11. The van der Waals surface area contributed by atoms with Gasteiger partial charge in [0.1, 0.15) is 11.9 Å². The van der Waals surface area contributed by atoms with E-state index in [0.29, 0.717) is 16.8 Å². The number of hydrogen-bond acceptors (Lipinski definition) is 1. The lowest BCUT2D eigenvalue weighted by Gasteiger charge is -2.23. The number of halogens is 1. The maximum absolute atomic E-state index is 13.6. The Morgan fingerprint density at radius 3 is 2.39 bits per heavy atom. The van der Waals surface area contributed by atoms with Crippen molar-refractivity contribution in [3.63, 3.8) is 0 Å². The highest BCUT2D eigenvalue weighted by molar-refractivity contribution is 7.80. The Kier molecular flexibility index (Phi) is 6.50. The number of benzene rings is 2. The fourth-order valence-corrected chi connectivity index (χ4v) is 2.52. The Labute approximate surface area is 142 Å². The van der Waals surface area contributed by atoms with Crippen LogP contribution in [0.25, 0.3) is 0 Å². The van der Waals surface area contributed by atoms with Gasteiger partial charge in [0.15, 0.2) is 5.11 Å². The van der Waals surface area contributed by atoms with E-state index in [1.165, 1.54) is 16.5 Å². The molecule has 2 aromatic rings. The first-order valence-corrected chi connectivity index (χ1v) is 8.10. The number of quaternary nitrogens is 1. The van der Waals surface area contributed by atoms with Crippen molar-refractivity contribution in [2.45, 2.75) is 12.5 Å². The summed E-state index contributed by atoms with van der Waals surface area (Å²) >= 11 is 5.27. The normalized spacial score (nSPS) is 12.0. The van der Waals surface area contributed by atoms with Gasteiger partial charge in [-0.3, -0.25) is 0 Å². The van der Waals surface area contributed by atoms with Gasteiger partial charge in [0.05, 0.1) is 26.3 Å². The molecule has 0 heterocycles. The standard InChI is InChI=1S/C18H22FN3S/c1-22(2)15(12-14-8-4-3-5-9-14)13-20-18(23)21-17-11-7-6-10-16(17)19/h3-11,15H,12-13H2,1-2H3,(H2,20,21,23)/p+1/t15-/m0/s1. The average molecular weight is 332 g/mol. The van der Waals surface area contributed by atoms with E-state index in [-0.39, 0.29) is 5.82 Å². The molecule has 0 amide bonds. The van der Waals surface area contributed by atoms with Crippen LogP contribution in [0.4, 0.5) is 10.1 Å². The maximum Gasteiger partial charge on any atom is 0.171 e. The molecule has 0 aliphatic carbocycles. The van der Waals surface area contributed by atoms with Gasteiger partial charge < -0.3 is 15.5 Å². The number of anilines is 1. The Bertz CT molecular complexity index is 631. The van der Waals surface area contributed by atoms with Crippen molar-refractivity contribution in [2.24, 2.45) is 0 Å². The molecule has 2 rings (SSSR count). The van der Waals surface area contributed by atoms with Gasteiger partial charge in [-0.25, -0.2) is 4.39 Å². The fraction of sp³-hybridized carbons (Fsp3) is 0.278. The zero-order valence-electron chi connectivity index (χ0n) is 13.5. The van der Waals surface area contributed by atoms with Gasteiger partial charge in [-0.1, -0.05) is 42.5 Å². The minimum atomic E-state index is -0.310. The SMILES string of the molecule is C[NH+](C)[C@H](CNC(=S)Nc1ccccc1F)Cc1ccccc1. The second-order valence-electron chi connectivity index (χ2n) is 5.78. The minimum Gasteiger partial charge on any atom is -0.356 e. The largest absolute Gasteiger partial charge is 0.356 e. The molecule has 0 saturated carbocycles. The number of hydrogen-bond donors (Lipinski definition) is 3. The number of para-hydroxylation sites is 1. The predicted octanol–water partition coefficient (Wildman–Crippen LogP) is 1.87. The molecule has 122 valence electrons. The Morgan fingerprint density at radius 1 is 1.09 bits per heavy atom. The molecule has 0 spiro atoms. The first-order chi connectivity index (χ1) is 11.1. The van der Waals surface area contributed by atoms with E-state index >= 15 is 0 Å². The van der Waals surface area contributed by atoms with E-state index in [1.54, 1.807) is 18.2 Å². The highest BCUT2D eigenvalue weighted by Gasteiger charge is 2.16. The third-order valence-corrected chi connectivity index (χ3v) is 4.02. The lowest BCUT2D eigenvalue weighted by atomic mass is 10.1. The third kappa shape index (κ3) is 5.62. The van der Waals surface area contributed by atoms with Crippen molar-refractivity contribution in [1.82, 2.24) is 5.32 Å². The van der Waals surface area contributed by atoms with E-state index in [4.69, 9.17) is 12.2 Å². The summed E-state index contributed by atoms with van der Waals surface area (Å²) in [6.45, 7) is 0.720. The van der Waals surface area contributed by atoms with Gasteiger partial charge >= 0.3 is 0 Å². The van der Waals surface area contributed by atoms with E-state index in [9.17, 15) is 4.39 Å². The number of nitrogens with one attached hydrogen (secondary N) is 3. The molecule has 23 heavy (non-hydrogen) atoms. The van der Waals surface area contributed by atoms with Crippen LogP contribution in [0.1, 0.15) is 5.56 Å². The van der Waals surface area contributed by atoms with Crippen molar-refractivity contribution in [3.05, 3.63) is 66.0 Å². The second kappa shape index (κ2) is 8.60. The van der Waals surface area contributed by atoms with E-state index < -0.39 is 0 Å². The summed E-state index contributed by atoms with van der Waals surface area (Å²) in [6.07, 6.45) is 0.957. The second-order valence-corrected chi connectivity index (χ2v) is 6.19. The molecule has 0 radical (unpaired) electrons. The van der Waals surface area contributed by atoms with Crippen LogP contribution in [0.3, 0.4) is 0 Å². The maximum atomic E-state index is 13.6. The smallest absolute Gasteiger partial charge is 0.171 e. The molecule has 0 aromatic heterocycles. The number of likely N-dealkylation sites (N-methyl/N-ethyl adjacent to an activating group) is 1. The van der Waals surface area contributed by atoms with Gasteiger partial charge in [-0.2, -0.15) is 0 Å². The first kappa shape index (κ1) is 17.4. The molecule has 0 aliphatic rings. The first-order valence-electron chi connectivity index (χ1n) is 7.69. The summed E-state index contributed by atoms with van der Waals surface area (Å²) in [7, 11) is 4.26. The molecule has 0 fully saturated rings. The summed E-state index contributed by atoms with van der Waals surface area (Å²) < 4.78 is 13.6. The van der Waals surface area contributed by atoms with Crippen LogP contribution in [0.15, 0.2) is 54.6 Å². The minimum absolute atomic E-state index is 0.310. The zero-order chi connectivity index (χ0) is 16.7. The zero-order valence-corrected chi connectivity index (χ0v) is 14.3. The van der Waals surface area contributed by atoms with Crippen molar-refractivity contribution in [3.8, 4) is 0 Å². The lowest BCUT2D eigenvalue weighted by molar-refractivity contribution is -0.884. The van der Waals surface area contributed by atoms with Crippen LogP contribution in [0, 0.1) is 5.82 Å². The Balaban J connectivity index is 1.88. The Morgan fingerprint density at radius 2 is 1.74 bits per heavy atom. The molecule has 3 N–H and O–H groups in total. The molecular formula is C18H23FN3S+. The average Bonchev–Trinajstić information content (AvgIpc) is 2.54. The van der Waals surface area contributed by atoms with Crippen LogP contribution < -0.4 is 15.5 Å². The molecule has 3 nitrogen and oxygen atoms in total. The molecular weight excluding hydrogens is 309 g/mol. The van der Waals surface area contributed by atoms with Crippen LogP contribution in [-0.2, 0) is 6.42 Å². The Hall–Kier alpha value is -1.98. The predicted molar refractivity (Wildman–Crippen MR) is 97.4 cm³/mol. The number of rotatable bonds is 6. The van der Waals surface area contributed by atoms with Crippen LogP contribution in [0.2, 0.25) is 0 Å². The van der Waals surface area contributed by atoms with Gasteiger partial charge in [0.2, 0.25) is 0 Å². The lowest BCUT2D eigenvalue weighted by Crippen LogP contribution is -3.11. The molecule has 2 aromatic carbocycles. The van der Waals surface area contributed by atoms with Crippen molar-refractivity contribution >= 4 is 23.0 Å². The summed E-state index contributed by atoms with van der Waals surface area (Å²) in [4.78, 5) is 1.34. The molecule has 5 heteroatoms. The van der Waals surface area contributed by atoms with Crippen molar-refractivity contribution in [2.75, 3.05) is 26.0 Å². The topological polar surface area (TPSA) is 28.5 Å². The van der Waals surface area contributed by atoms with Gasteiger partial charge in [-0.05, 0) is 29.9 Å². The molecule has 1 atom stereocenters. The molecule has 0 saturated heterocycles. The number of thiocarbonyl (C=S) groups is 1. The van der Waals surface area contributed by atoms with Crippen LogP contribution in [-0.4, -0.2) is 31.8 Å². The fourth-order valence-electron chi connectivity index (χ4n) is 2.32. The summed E-state index contributed by atoms with van der Waals surface area (Å²) in [5, 5.41) is 6.54. The third-order valence-electron chi connectivity index (χ3n) is 3.77. The highest BCUT2D eigenvalue weighted by atomic mass is 32.1. The van der Waals surface area contributed by atoms with E-state index in [2.05, 4.69) is 49.0 Å². The summed E-state index contributed by atoms with van der Waals surface area (Å²) in [5.41, 5.74) is 1.69. The summed E-state index contributed by atoms with van der Waals surface area (Å²) in [6, 6.07) is 17.3. The van der Waals surface area contributed by atoms with E-state index in [1.807, 2.05) is 6.07 Å². The van der Waals surface area contributed by atoms with E-state index in [0.717, 1.165) is 13.0 Å². The summed E-state index contributed by atoms with van der Waals surface area (Å²) in [5.74, 6) is -0.310. The van der Waals surface area contributed by atoms with Gasteiger partial charge in [-0.15, -0.1) is 0 Å².